The Morgan fingerprint density at radius 3 is 2.31 bits per heavy atom. The maximum Gasteiger partial charge on any atom is 0.332 e. The highest BCUT2D eigenvalue weighted by molar-refractivity contribution is 9.10. The molecule has 0 aliphatic heterocycles. The second-order valence-corrected chi connectivity index (χ2v) is 9.71. The number of anilines is 1. The number of amides is 2. The molecule has 2 aromatic heterocycles. The molecule has 9 nitrogen and oxygen atoms in total. The molecule has 5 rings (SSSR count). The van der Waals surface area contributed by atoms with Crippen LogP contribution in [0.1, 0.15) is 21.7 Å². The van der Waals surface area contributed by atoms with Gasteiger partial charge in [0.1, 0.15) is 12.3 Å². The predicted molar refractivity (Wildman–Crippen MR) is 151 cm³/mol. The van der Waals surface area contributed by atoms with Crippen molar-refractivity contribution in [1.82, 2.24) is 14.5 Å². The number of carbonyl (C=O) groups excluding carboxylic acids is 2. The van der Waals surface area contributed by atoms with E-state index in [1.165, 1.54) is 10.8 Å². The zero-order valence-electron chi connectivity index (χ0n) is 20.6. The summed E-state index contributed by atoms with van der Waals surface area (Å²) >= 11 is 3.36. The zero-order chi connectivity index (χ0) is 27.4. The lowest BCUT2D eigenvalue weighted by atomic mass is 10.1. The lowest BCUT2D eigenvalue weighted by Crippen LogP contribution is -2.42. The molecule has 2 heterocycles. The van der Waals surface area contributed by atoms with Gasteiger partial charge >= 0.3 is 5.69 Å². The Labute approximate surface area is 230 Å². The van der Waals surface area contributed by atoms with Crippen molar-refractivity contribution in [2.45, 2.75) is 19.6 Å². The molecule has 2 N–H and O–H groups in total. The fourth-order valence-corrected chi connectivity index (χ4v) is 4.43. The van der Waals surface area contributed by atoms with E-state index < -0.39 is 17.2 Å². The maximum atomic E-state index is 13.5. The minimum Gasteiger partial charge on any atom is -0.467 e. The number of benzene rings is 3. The van der Waals surface area contributed by atoms with Crippen LogP contribution in [0.25, 0.3) is 10.9 Å². The first-order valence-corrected chi connectivity index (χ1v) is 12.9. The van der Waals surface area contributed by atoms with E-state index in [-0.39, 0.29) is 25.5 Å². The second kappa shape index (κ2) is 11.4. The molecule has 0 saturated carbocycles. The summed E-state index contributed by atoms with van der Waals surface area (Å²) in [6.45, 7) is -0.0371. The molecule has 0 aliphatic rings. The van der Waals surface area contributed by atoms with Crippen molar-refractivity contribution in [1.29, 1.82) is 0 Å². The average Bonchev–Trinajstić information content (AvgIpc) is 3.47. The van der Waals surface area contributed by atoms with Crippen molar-refractivity contribution in [2.24, 2.45) is 0 Å². The highest BCUT2D eigenvalue weighted by Crippen LogP contribution is 2.15. The number of para-hydroxylation sites is 1. The van der Waals surface area contributed by atoms with Gasteiger partial charge in [-0.05, 0) is 66.2 Å². The topological polar surface area (TPSA) is 115 Å². The molecule has 39 heavy (non-hydrogen) atoms. The maximum absolute atomic E-state index is 13.5. The van der Waals surface area contributed by atoms with E-state index in [2.05, 4.69) is 26.6 Å². The molecule has 3 aromatic carbocycles. The monoisotopic (exact) mass is 586 g/mol. The Bertz CT molecular complexity index is 1760. The molecular formula is C29H23BrN4O5. The van der Waals surface area contributed by atoms with Crippen LogP contribution in [-0.4, -0.2) is 20.9 Å². The van der Waals surface area contributed by atoms with E-state index in [4.69, 9.17) is 4.42 Å². The molecule has 0 aliphatic carbocycles. The molecule has 10 heteroatoms. The average molecular weight is 587 g/mol. The summed E-state index contributed by atoms with van der Waals surface area (Å²) in [4.78, 5) is 52.0. The van der Waals surface area contributed by atoms with Crippen molar-refractivity contribution in [3.63, 3.8) is 0 Å². The summed E-state index contributed by atoms with van der Waals surface area (Å²) in [6, 6.07) is 23.9. The van der Waals surface area contributed by atoms with E-state index >= 15 is 0 Å². The van der Waals surface area contributed by atoms with Gasteiger partial charge in [0.05, 0.1) is 30.3 Å². The van der Waals surface area contributed by atoms with Gasteiger partial charge < -0.3 is 15.1 Å². The van der Waals surface area contributed by atoms with E-state index in [9.17, 15) is 19.2 Å². The number of hydrogen-bond donors (Lipinski definition) is 2. The number of aromatic nitrogens is 2. The Hall–Kier alpha value is -4.70. The van der Waals surface area contributed by atoms with E-state index in [0.717, 1.165) is 9.04 Å². The second-order valence-electron chi connectivity index (χ2n) is 8.79. The van der Waals surface area contributed by atoms with Gasteiger partial charge in [0, 0.05) is 15.7 Å². The van der Waals surface area contributed by atoms with Crippen LogP contribution in [0.2, 0.25) is 0 Å². The first-order valence-electron chi connectivity index (χ1n) is 12.1. The smallest absolute Gasteiger partial charge is 0.332 e. The van der Waals surface area contributed by atoms with E-state index in [1.54, 1.807) is 84.9 Å². The molecule has 0 fully saturated rings. The van der Waals surface area contributed by atoms with Crippen LogP contribution in [0.5, 0.6) is 0 Å². The number of nitrogens with zero attached hydrogens (tertiary/aromatic N) is 2. The summed E-state index contributed by atoms with van der Waals surface area (Å²) in [5.41, 5.74) is 0.974. The summed E-state index contributed by atoms with van der Waals surface area (Å²) < 4.78 is 8.48. The fraction of sp³-hybridized carbons (Fsp3) is 0.103. The zero-order valence-corrected chi connectivity index (χ0v) is 22.2. The first kappa shape index (κ1) is 25.9. The fourth-order valence-electron chi connectivity index (χ4n) is 4.17. The minimum absolute atomic E-state index is 0.0227. The Balaban J connectivity index is 1.39. The van der Waals surface area contributed by atoms with Crippen LogP contribution >= 0.6 is 15.9 Å². The van der Waals surface area contributed by atoms with Crippen LogP contribution in [-0.2, 0) is 24.4 Å². The Morgan fingerprint density at radius 2 is 1.59 bits per heavy atom. The standard InChI is InChI=1S/C29H23BrN4O5/c30-21-11-13-22(14-12-21)32-26(35)18-33-25-6-2-1-5-24(25)28(37)34(29(33)38)17-19-7-9-20(10-8-19)27(36)31-16-23-4-3-15-39-23/h1-15H,16-18H2,(H,31,36)(H,32,35). The minimum atomic E-state index is -0.607. The highest BCUT2D eigenvalue weighted by Gasteiger charge is 2.16. The van der Waals surface area contributed by atoms with Gasteiger partial charge in [-0.2, -0.15) is 0 Å². The summed E-state index contributed by atoms with van der Waals surface area (Å²) in [5.74, 6) is -0.0443. The third kappa shape index (κ3) is 5.91. The number of carbonyl (C=O) groups is 2. The number of fused-ring (bicyclic) bond motifs is 1. The van der Waals surface area contributed by atoms with Gasteiger partial charge in [-0.15, -0.1) is 0 Å². The van der Waals surface area contributed by atoms with Gasteiger partial charge in [0.15, 0.2) is 0 Å². The van der Waals surface area contributed by atoms with Crippen LogP contribution in [0.3, 0.4) is 0 Å². The molecule has 0 saturated heterocycles. The molecule has 0 radical (unpaired) electrons. The van der Waals surface area contributed by atoms with Crippen molar-refractivity contribution in [2.75, 3.05) is 5.32 Å². The predicted octanol–water partition coefficient (Wildman–Crippen LogP) is 4.14. The molecule has 0 atom stereocenters. The highest BCUT2D eigenvalue weighted by atomic mass is 79.9. The number of furan rings is 1. The number of nitrogens with one attached hydrogen (secondary N) is 2. The van der Waals surface area contributed by atoms with Crippen molar-refractivity contribution >= 4 is 44.3 Å². The normalized spacial score (nSPS) is 10.9. The quantitative estimate of drug-likeness (QED) is 0.283. The van der Waals surface area contributed by atoms with E-state index in [1.807, 2.05) is 0 Å². The third-order valence-corrected chi connectivity index (χ3v) is 6.65. The van der Waals surface area contributed by atoms with Gasteiger partial charge in [0.2, 0.25) is 5.91 Å². The molecule has 2 amide bonds. The van der Waals surface area contributed by atoms with Crippen molar-refractivity contribution in [3.8, 4) is 0 Å². The van der Waals surface area contributed by atoms with E-state index in [0.29, 0.717) is 33.5 Å². The van der Waals surface area contributed by atoms with Gasteiger partial charge in [0.25, 0.3) is 11.5 Å². The Morgan fingerprint density at radius 1 is 0.846 bits per heavy atom. The Kier molecular flexibility index (Phi) is 7.55. The van der Waals surface area contributed by atoms with Gasteiger partial charge in [-0.25, -0.2) is 4.79 Å². The van der Waals surface area contributed by atoms with Crippen molar-refractivity contribution in [3.05, 3.63) is 133 Å². The largest absolute Gasteiger partial charge is 0.467 e. The summed E-state index contributed by atoms with van der Waals surface area (Å²) in [7, 11) is 0. The molecule has 196 valence electrons. The van der Waals surface area contributed by atoms with Crippen molar-refractivity contribution < 1.29 is 14.0 Å². The molecular weight excluding hydrogens is 564 g/mol. The molecule has 5 aromatic rings. The lowest BCUT2D eigenvalue weighted by Gasteiger charge is -2.14. The van der Waals surface area contributed by atoms with Crippen LogP contribution in [0.15, 0.2) is 110 Å². The number of halogens is 1. The summed E-state index contributed by atoms with van der Waals surface area (Å²) in [5, 5.41) is 5.87. The van der Waals surface area contributed by atoms with Crippen LogP contribution < -0.4 is 21.9 Å². The lowest BCUT2D eigenvalue weighted by molar-refractivity contribution is -0.116. The van der Waals surface area contributed by atoms with Gasteiger partial charge in [-0.3, -0.25) is 23.5 Å². The van der Waals surface area contributed by atoms with Crippen LogP contribution in [0, 0.1) is 0 Å². The summed E-state index contributed by atoms with van der Waals surface area (Å²) in [6.07, 6.45) is 1.54. The molecule has 0 unspecified atom stereocenters. The third-order valence-electron chi connectivity index (χ3n) is 6.12. The number of rotatable bonds is 8. The molecule has 0 spiro atoms. The first-order chi connectivity index (χ1) is 18.9. The SMILES string of the molecule is O=C(Cn1c(=O)n(Cc2ccc(C(=O)NCc3ccco3)cc2)c(=O)c2ccccc21)Nc1ccc(Br)cc1. The van der Waals surface area contributed by atoms with Gasteiger partial charge in [-0.1, -0.05) is 40.2 Å². The number of hydrogen-bond acceptors (Lipinski definition) is 5. The molecule has 0 bridgehead atoms. The van der Waals surface area contributed by atoms with Crippen LogP contribution in [0.4, 0.5) is 5.69 Å².